The van der Waals surface area contributed by atoms with Crippen molar-refractivity contribution in [2.45, 2.75) is 56.0 Å². The van der Waals surface area contributed by atoms with E-state index >= 15 is 0 Å². The Morgan fingerprint density at radius 2 is 1.86 bits per heavy atom. The SMILES string of the molecule is Cc1ccc(S(=O)(=O)OC[C@H]2O[C@@H](n3ccc4c(N=CN(C)C)nc(Cl)nc43)[C@@H]3OC(C)(C)O[C@@H]32)cc1. The van der Waals surface area contributed by atoms with Crippen LogP contribution in [0.2, 0.25) is 5.28 Å². The lowest BCUT2D eigenvalue weighted by atomic mass is 10.1. The standard InChI is InChI=1S/C24H28ClN5O6S/c1-14-6-8-15(9-7-14)37(31,32)33-12-17-18-19(36-24(2,3)35-18)22(34-17)30-11-10-16-20(26-13-29(4)5)27-23(25)28-21(16)30/h6-11,13,17-19,22H,12H2,1-5H3/t17-,18-,19-,22-/m1/s1. The fourth-order valence-electron chi connectivity index (χ4n) is 4.41. The van der Waals surface area contributed by atoms with E-state index in [1.54, 1.807) is 48.0 Å². The van der Waals surface area contributed by atoms with Gasteiger partial charge in [-0.3, -0.25) is 4.18 Å². The number of aryl methyl sites for hydroxylation is 1. The molecule has 0 N–H and O–H groups in total. The van der Waals surface area contributed by atoms with Crippen LogP contribution < -0.4 is 0 Å². The van der Waals surface area contributed by atoms with Crippen molar-refractivity contribution in [2.75, 3.05) is 20.7 Å². The topological polar surface area (TPSA) is 117 Å². The number of ether oxygens (including phenoxy) is 3. The van der Waals surface area contributed by atoms with E-state index in [1.807, 2.05) is 27.1 Å². The number of benzene rings is 1. The van der Waals surface area contributed by atoms with Crippen molar-refractivity contribution < 1.29 is 26.8 Å². The minimum Gasteiger partial charge on any atom is -0.369 e. The van der Waals surface area contributed by atoms with Crippen molar-refractivity contribution in [3.8, 4) is 0 Å². The molecule has 2 fully saturated rings. The smallest absolute Gasteiger partial charge is 0.297 e. The number of hydrogen-bond donors (Lipinski definition) is 0. The van der Waals surface area contributed by atoms with E-state index in [9.17, 15) is 8.42 Å². The molecule has 0 aliphatic carbocycles. The van der Waals surface area contributed by atoms with Gasteiger partial charge in [0.2, 0.25) is 5.28 Å². The van der Waals surface area contributed by atoms with Crippen LogP contribution in [0.25, 0.3) is 11.0 Å². The number of nitrogens with zero attached hydrogens (tertiary/aromatic N) is 5. The highest BCUT2D eigenvalue weighted by Gasteiger charge is 2.56. The molecular formula is C24H28ClN5O6S. The van der Waals surface area contributed by atoms with Crippen LogP contribution in [0, 0.1) is 6.92 Å². The third-order valence-corrected chi connectivity index (χ3v) is 7.50. The fourth-order valence-corrected chi connectivity index (χ4v) is 5.49. The van der Waals surface area contributed by atoms with Crippen molar-refractivity contribution in [3.05, 3.63) is 47.4 Å². The normalized spacial score (nSPS) is 25.2. The van der Waals surface area contributed by atoms with Gasteiger partial charge in [-0.25, -0.2) is 4.99 Å². The largest absolute Gasteiger partial charge is 0.369 e. The quantitative estimate of drug-likeness (QED) is 0.189. The van der Waals surface area contributed by atoms with Crippen molar-refractivity contribution in [1.82, 2.24) is 19.4 Å². The second-order valence-corrected chi connectivity index (χ2v) is 11.6. The molecule has 13 heteroatoms. The molecule has 0 bridgehead atoms. The van der Waals surface area contributed by atoms with E-state index in [1.165, 1.54) is 12.1 Å². The summed E-state index contributed by atoms with van der Waals surface area (Å²) in [5.74, 6) is -0.493. The third kappa shape index (κ3) is 5.22. The molecule has 0 unspecified atom stereocenters. The molecule has 4 atom stereocenters. The van der Waals surface area contributed by atoms with Crippen LogP contribution in [-0.2, 0) is 28.5 Å². The summed E-state index contributed by atoms with van der Waals surface area (Å²) in [6, 6.07) is 8.27. The summed E-state index contributed by atoms with van der Waals surface area (Å²) in [6.45, 7) is 5.22. The van der Waals surface area contributed by atoms with Gasteiger partial charge in [0.25, 0.3) is 10.1 Å². The predicted molar refractivity (Wildman–Crippen MR) is 136 cm³/mol. The van der Waals surface area contributed by atoms with Crippen LogP contribution >= 0.6 is 11.6 Å². The molecule has 3 aromatic rings. The molecule has 2 saturated heterocycles. The number of fused-ring (bicyclic) bond motifs is 2. The third-order valence-electron chi connectivity index (χ3n) is 6.03. The van der Waals surface area contributed by atoms with Crippen molar-refractivity contribution in [2.24, 2.45) is 4.99 Å². The summed E-state index contributed by atoms with van der Waals surface area (Å²) in [6.07, 6.45) is 0.871. The van der Waals surface area contributed by atoms with Gasteiger partial charge in [-0.05, 0) is 50.6 Å². The van der Waals surface area contributed by atoms with Gasteiger partial charge in [-0.2, -0.15) is 18.4 Å². The van der Waals surface area contributed by atoms with Crippen LogP contribution in [0.4, 0.5) is 5.82 Å². The molecule has 37 heavy (non-hydrogen) atoms. The number of aliphatic imine (C=N–C) groups is 1. The fraction of sp³-hybridized carbons (Fsp3) is 0.458. The van der Waals surface area contributed by atoms with E-state index in [0.717, 1.165) is 5.56 Å². The Balaban J connectivity index is 1.44. The lowest BCUT2D eigenvalue weighted by Crippen LogP contribution is -2.33. The molecule has 4 heterocycles. The first kappa shape index (κ1) is 26.0. The maximum Gasteiger partial charge on any atom is 0.297 e. The zero-order valence-corrected chi connectivity index (χ0v) is 22.6. The van der Waals surface area contributed by atoms with Crippen LogP contribution in [0.1, 0.15) is 25.6 Å². The van der Waals surface area contributed by atoms with Crippen LogP contribution in [0.15, 0.2) is 46.4 Å². The van der Waals surface area contributed by atoms with Crippen molar-refractivity contribution in [3.63, 3.8) is 0 Å². The summed E-state index contributed by atoms with van der Waals surface area (Å²) in [5, 5.41) is 0.698. The van der Waals surface area contributed by atoms with Crippen LogP contribution in [0.3, 0.4) is 0 Å². The Labute approximate surface area is 220 Å². The predicted octanol–water partition coefficient (Wildman–Crippen LogP) is 3.44. The van der Waals surface area contributed by atoms with E-state index in [-0.39, 0.29) is 16.8 Å². The zero-order chi connectivity index (χ0) is 26.5. The Bertz CT molecular complexity index is 1440. The van der Waals surface area contributed by atoms with Gasteiger partial charge in [0.05, 0.1) is 23.2 Å². The molecule has 0 radical (unpaired) electrons. The minimum atomic E-state index is -3.99. The second-order valence-electron chi connectivity index (χ2n) is 9.67. The molecule has 2 aromatic heterocycles. The van der Waals surface area contributed by atoms with Gasteiger partial charge in [-0.15, -0.1) is 0 Å². The van der Waals surface area contributed by atoms with Gasteiger partial charge >= 0.3 is 0 Å². The van der Waals surface area contributed by atoms with E-state index in [2.05, 4.69) is 15.0 Å². The molecule has 11 nitrogen and oxygen atoms in total. The number of rotatable bonds is 7. The summed E-state index contributed by atoms with van der Waals surface area (Å²) < 4.78 is 51.3. The molecule has 0 spiro atoms. The van der Waals surface area contributed by atoms with E-state index in [4.69, 9.17) is 30.0 Å². The monoisotopic (exact) mass is 549 g/mol. The van der Waals surface area contributed by atoms with Crippen LogP contribution in [0.5, 0.6) is 0 Å². The molecule has 1 aromatic carbocycles. The Morgan fingerprint density at radius 3 is 2.57 bits per heavy atom. The van der Waals surface area contributed by atoms with Gasteiger partial charge in [0.15, 0.2) is 17.8 Å². The zero-order valence-electron chi connectivity index (χ0n) is 21.0. The molecule has 5 rings (SSSR count). The summed E-state index contributed by atoms with van der Waals surface area (Å²) in [4.78, 5) is 14.9. The summed E-state index contributed by atoms with van der Waals surface area (Å²) in [5.41, 5.74) is 1.44. The highest BCUT2D eigenvalue weighted by molar-refractivity contribution is 7.86. The van der Waals surface area contributed by atoms with E-state index in [0.29, 0.717) is 16.9 Å². The van der Waals surface area contributed by atoms with Gasteiger partial charge < -0.3 is 23.7 Å². The molecular weight excluding hydrogens is 522 g/mol. The first-order chi connectivity index (χ1) is 17.4. The highest BCUT2D eigenvalue weighted by atomic mass is 35.5. The molecule has 198 valence electrons. The van der Waals surface area contributed by atoms with E-state index < -0.39 is 40.4 Å². The van der Waals surface area contributed by atoms with Gasteiger partial charge in [0.1, 0.15) is 24.0 Å². The van der Waals surface area contributed by atoms with Crippen molar-refractivity contribution in [1.29, 1.82) is 0 Å². The summed E-state index contributed by atoms with van der Waals surface area (Å²) >= 11 is 6.22. The minimum absolute atomic E-state index is 0.0286. The van der Waals surface area contributed by atoms with Crippen LogP contribution in [-0.4, -0.2) is 79.0 Å². The molecule has 0 saturated carbocycles. The van der Waals surface area contributed by atoms with Crippen molar-refractivity contribution >= 4 is 44.9 Å². The molecule has 2 aliphatic heterocycles. The molecule has 0 amide bonds. The second kappa shape index (κ2) is 9.61. The highest BCUT2D eigenvalue weighted by Crippen LogP contribution is 2.44. The van der Waals surface area contributed by atoms with Gasteiger partial charge in [-0.1, -0.05) is 17.7 Å². The number of aromatic nitrogens is 3. The Kier molecular flexibility index (Phi) is 6.75. The van der Waals surface area contributed by atoms with Gasteiger partial charge in [0, 0.05) is 20.3 Å². The lowest BCUT2D eigenvalue weighted by molar-refractivity contribution is -0.198. The number of hydrogen-bond acceptors (Lipinski definition) is 9. The first-order valence-corrected chi connectivity index (χ1v) is 13.4. The summed E-state index contributed by atoms with van der Waals surface area (Å²) in [7, 11) is -0.296. The maximum atomic E-state index is 12.8. The Morgan fingerprint density at radius 1 is 1.16 bits per heavy atom. The molecule has 2 aliphatic rings. The lowest BCUT2D eigenvalue weighted by Gasteiger charge is -2.25. The number of halogens is 1. The first-order valence-electron chi connectivity index (χ1n) is 11.7. The average molecular weight is 550 g/mol. The average Bonchev–Trinajstić information content (AvgIpc) is 3.47. The Hall–Kier alpha value is -2.61. The maximum absolute atomic E-state index is 12.8.